The zero-order chi connectivity index (χ0) is 26.6. The van der Waals surface area contributed by atoms with Crippen LogP contribution in [0.2, 0.25) is 0 Å². The molecule has 0 spiro atoms. The lowest BCUT2D eigenvalue weighted by atomic mass is 10.2. The summed E-state index contributed by atoms with van der Waals surface area (Å²) in [4.78, 5) is 17.6. The van der Waals surface area contributed by atoms with Crippen LogP contribution in [0.1, 0.15) is 42.4 Å². The van der Waals surface area contributed by atoms with Crippen LogP contribution in [0.3, 0.4) is 0 Å². The van der Waals surface area contributed by atoms with E-state index in [0.717, 1.165) is 29.1 Å². The summed E-state index contributed by atoms with van der Waals surface area (Å²) in [6, 6.07) is 7.69. The van der Waals surface area contributed by atoms with Crippen LogP contribution in [-0.4, -0.2) is 53.3 Å². The number of benzene rings is 1. The molecule has 1 aromatic carbocycles. The summed E-state index contributed by atoms with van der Waals surface area (Å²) in [5.41, 5.74) is 5.05. The predicted molar refractivity (Wildman–Crippen MR) is 143 cm³/mol. The molecule has 0 unspecified atom stereocenters. The Morgan fingerprint density at radius 3 is 2.55 bits per heavy atom. The van der Waals surface area contributed by atoms with Gasteiger partial charge in [-0.3, -0.25) is 14.2 Å². The first-order chi connectivity index (χ1) is 18.5. The van der Waals surface area contributed by atoms with E-state index in [4.69, 9.17) is 9.47 Å². The van der Waals surface area contributed by atoms with Crippen LogP contribution in [0.25, 0.3) is 16.9 Å². The average molecular weight is 515 g/mol. The van der Waals surface area contributed by atoms with Crippen molar-refractivity contribution in [1.82, 2.24) is 34.2 Å². The second kappa shape index (κ2) is 10.8. The highest BCUT2D eigenvalue weighted by Crippen LogP contribution is 2.29. The maximum absolute atomic E-state index is 13.1. The number of amides is 1. The molecule has 11 nitrogen and oxygen atoms in total. The van der Waals surface area contributed by atoms with Gasteiger partial charge in [0.15, 0.2) is 17.1 Å². The maximum Gasteiger partial charge on any atom is 0.261 e. The summed E-state index contributed by atoms with van der Waals surface area (Å²) in [6.45, 7) is 10.2. The van der Waals surface area contributed by atoms with Crippen molar-refractivity contribution in [2.75, 3.05) is 18.5 Å². The Morgan fingerprint density at radius 1 is 0.974 bits per heavy atom. The number of anilines is 1. The molecule has 4 heterocycles. The van der Waals surface area contributed by atoms with Gasteiger partial charge in [-0.05, 0) is 51.5 Å². The van der Waals surface area contributed by atoms with Crippen molar-refractivity contribution in [2.24, 2.45) is 0 Å². The molecule has 0 atom stereocenters. The molecule has 38 heavy (non-hydrogen) atoms. The monoisotopic (exact) mass is 514 g/mol. The fraction of sp³-hybridized carbons (Fsp3) is 0.296. The van der Waals surface area contributed by atoms with E-state index in [1.54, 1.807) is 27.8 Å². The first-order valence-electron chi connectivity index (χ1n) is 12.6. The molecule has 1 N–H and O–H groups in total. The first-order valence-corrected chi connectivity index (χ1v) is 12.6. The number of fused-ring (bicyclic) bond motifs is 1. The number of aryl methyl sites for hydroxylation is 2. The van der Waals surface area contributed by atoms with Crippen molar-refractivity contribution in [3.63, 3.8) is 0 Å². The topological polar surface area (TPSA) is 113 Å². The van der Waals surface area contributed by atoms with Gasteiger partial charge in [0, 0.05) is 30.7 Å². The molecule has 0 bridgehead atoms. The van der Waals surface area contributed by atoms with Crippen LogP contribution >= 0.6 is 0 Å². The number of hydrogen-bond acceptors (Lipinski definition) is 7. The third kappa shape index (κ3) is 4.95. The summed E-state index contributed by atoms with van der Waals surface area (Å²) >= 11 is 0. The number of ether oxygens (including phenoxy) is 2. The molecule has 0 aliphatic rings. The van der Waals surface area contributed by atoms with Gasteiger partial charge >= 0.3 is 0 Å². The smallest absolute Gasteiger partial charge is 0.261 e. The molecule has 0 fully saturated rings. The highest BCUT2D eigenvalue weighted by Gasteiger charge is 2.19. The van der Waals surface area contributed by atoms with E-state index < -0.39 is 0 Å². The fourth-order valence-electron chi connectivity index (χ4n) is 4.28. The van der Waals surface area contributed by atoms with E-state index in [1.807, 2.05) is 62.8 Å². The van der Waals surface area contributed by atoms with Crippen LogP contribution in [0.5, 0.6) is 11.5 Å². The molecule has 5 rings (SSSR count). The van der Waals surface area contributed by atoms with Gasteiger partial charge in [0.05, 0.1) is 49.2 Å². The molecule has 5 aromatic rings. The van der Waals surface area contributed by atoms with E-state index >= 15 is 0 Å². The van der Waals surface area contributed by atoms with Gasteiger partial charge < -0.3 is 14.8 Å². The van der Waals surface area contributed by atoms with Gasteiger partial charge in [-0.25, -0.2) is 9.50 Å². The number of nitrogens with zero attached hydrogens (tertiary/aromatic N) is 7. The predicted octanol–water partition coefficient (Wildman–Crippen LogP) is 4.22. The van der Waals surface area contributed by atoms with Crippen molar-refractivity contribution in [3.05, 3.63) is 72.1 Å². The van der Waals surface area contributed by atoms with Crippen molar-refractivity contribution < 1.29 is 14.3 Å². The number of carbonyl (C=O) groups excluding carboxylic acids is 1. The van der Waals surface area contributed by atoms with E-state index in [0.29, 0.717) is 48.2 Å². The Kier molecular flexibility index (Phi) is 7.07. The first kappa shape index (κ1) is 25.0. The Balaban J connectivity index is 1.33. The SMILES string of the molecule is CCOc1ccc(Cn2cc(NC(=O)c3cnn4c(-c5cn(CC)nc5C)ccnc34)cn2)cc1OCC. The lowest BCUT2D eigenvalue weighted by molar-refractivity contribution is 0.102. The highest BCUT2D eigenvalue weighted by atomic mass is 16.5. The Morgan fingerprint density at radius 2 is 1.79 bits per heavy atom. The molecule has 0 saturated carbocycles. The molecule has 0 radical (unpaired) electrons. The molecule has 196 valence electrons. The molecule has 0 aliphatic heterocycles. The Bertz CT molecular complexity index is 1580. The van der Waals surface area contributed by atoms with Gasteiger partial charge in [-0.15, -0.1) is 0 Å². The minimum atomic E-state index is -0.315. The molecule has 11 heteroatoms. The highest BCUT2D eigenvalue weighted by molar-refractivity contribution is 6.08. The lowest BCUT2D eigenvalue weighted by Crippen LogP contribution is -2.11. The van der Waals surface area contributed by atoms with E-state index in [1.165, 1.54) is 6.20 Å². The third-order valence-electron chi connectivity index (χ3n) is 6.04. The maximum atomic E-state index is 13.1. The average Bonchev–Trinajstić information content (AvgIpc) is 3.64. The zero-order valence-electron chi connectivity index (χ0n) is 21.9. The Labute approximate surface area is 220 Å². The molecule has 0 saturated heterocycles. The van der Waals surface area contributed by atoms with E-state index in [2.05, 4.69) is 25.6 Å². The summed E-state index contributed by atoms with van der Waals surface area (Å²) in [7, 11) is 0. The molecular formula is C27H30N8O3. The number of aromatic nitrogens is 7. The van der Waals surface area contributed by atoms with Crippen LogP contribution in [0.4, 0.5) is 5.69 Å². The second-order valence-corrected chi connectivity index (χ2v) is 8.64. The van der Waals surface area contributed by atoms with Crippen molar-refractivity contribution in [1.29, 1.82) is 0 Å². The quantitative estimate of drug-likeness (QED) is 0.297. The standard InChI is InChI=1S/C27H30N8O3/c1-5-33-17-22(18(4)32-33)23-10-11-28-26-21(14-30-35(23)26)27(36)31-20-13-29-34(16-20)15-19-8-9-24(37-6-2)25(12-19)38-7-3/h8-14,16-17H,5-7,15H2,1-4H3,(H,31,36). The lowest BCUT2D eigenvalue weighted by Gasteiger charge is -2.12. The van der Waals surface area contributed by atoms with Gasteiger partial charge in [-0.2, -0.15) is 15.3 Å². The summed E-state index contributed by atoms with van der Waals surface area (Å²) in [5.74, 6) is 1.10. The molecule has 4 aromatic heterocycles. The Hall–Kier alpha value is -4.67. The third-order valence-corrected chi connectivity index (χ3v) is 6.04. The summed E-state index contributed by atoms with van der Waals surface area (Å²) < 4.78 is 16.7. The number of carbonyl (C=O) groups is 1. The second-order valence-electron chi connectivity index (χ2n) is 8.64. The fourth-order valence-corrected chi connectivity index (χ4v) is 4.28. The van der Waals surface area contributed by atoms with Gasteiger partial charge in [0.25, 0.3) is 5.91 Å². The van der Waals surface area contributed by atoms with Crippen LogP contribution < -0.4 is 14.8 Å². The summed E-state index contributed by atoms with van der Waals surface area (Å²) in [5, 5.41) is 16.3. The van der Waals surface area contributed by atoms with Gasteiger partial charge in [-0.1, -0.05) is 6.07 Å². The molecular weight excluding hydrogens is 484 g/mol. The minimum Gasteiger partial charge on any atom is -0.490 e. The molecule has 0 aliphatic carbocycles. The minimum absolute atomic E-state index is 0.315. The number of nitrogens with one attached hydrogen (secondary N) is 1. The van der Waals surface area contributed by atoms with Crippen molar-refractivity contribution >= 4 is 17.2 Å². The van der Waals surface area contributed by atoms with Crippen LogP contribution in [0, 0.1) is 6.92 Å². The summed E-state index contributed by atoms with van der Waals surface area (Å²) in [6.07, 6.45) is 8.57. The van der Waals surface area contributed by atoms with E-state index in [-0.39, 0.29) is 5.91 Å². The van der Waals surface area contributed by atoms with Crippen LogP contribution in [0.15, 0.2) is 55.2 Å². The molecule has 1 amide bonds. The number of hydrogen-bond donors (Lipinski definition) is 1. The van der Waals surface area contributed by atoms with Gasteiger partial charge in [0.1, 0.15) is 5.56 Å². The van der Waals surface area contributed by atoms with E-state index in [9.17, 15) is 4.79 Å². The van der Waals surface area contributed by atoms with Crippen LogP contribution in [-0.2, 0) is 13.1 Å². The normalized spacial score (nSPS) is 11.2. The largest absolute Gasteiger partial charge is 0.490 e. The van der Waals surface area contributed by atoms with Crippen molar-refractivity contribution in [2.45, 2.75) is 40.8 Å². The zero-order valence-corrected chi connectivity index (χ0v) is 21.9. The number of rotatable bonds is 10. The van der Waals surface area contributed by atoms with Gasteiger partial charge in [0.2, 0.25) is 0 Å². The van der Waals surface area contributed by atoms with Crippen molar-refractivity contribution in [3.8, 4) is 22.8 Å².